The lowest BCUT2D eigenvalue weighted by atomic mass is 9.94. The first-order valence-electron chi connectivity index (χ1n) is 7.82. The molecule has 2 aromatic rings. The number of aryl methyl sites for hydroxylation is 1. The van der Waals surface area contributed by atoms with Crippen molar-refractivity contribution in [3.63, 3.8) is 0 Å². The lowest BCUT2D eigenvalue weighted by molar-refractivity contribution is -0.136. The number of amides is 1. The van der Waals surface area contributed by atoms with Gasteiger partial charge in [0.25, 0.3) is 0 Å². The van der Waals surface area contributed by atoms with Crippen molar-refractivity contribution in [3.05, 3.63) is 47.5 Å². The average molecular weight is 314 g/mol. The number of hydrogen-bond donors (Lipinski definition) is 0. The Balaban J connectivity index is 1.74. The predicted molar refractivity (Wildman–Crippen MR) is 85.5 cm³/mol. The van der Waals surface area contributed by atoms with Crippen molar-refractivity contribution in [2.45, 2.75) is 26.0 Å². The van der Waals surface area contributed by atoms with Crippen LogP contribution in [0.3, 0.4) is 0 Å². The molecular weight excluding hydrogens is 292 g/mol. The van der Waals surface area contributed by atoms with Crippen molar-refractivity contribution in [1.82, 2.24) is 19.7 Å². The van der Waals surface area contributed by atoms with E-state index in [-0.39, 0.29) is 17.9 Å². The topological polar surface area (TPSA) is 60.2 Å². The highest BCUT2D eigenvalue weighted by Crippen LogP contribution is 2.37. The molecule has 3 heterocycles. The Labute approximate surface area is 136 Å². The lowest BCUT2D eigenvalue weighted by Crippen LogP contribution is -2.34. The summed E-state index contributed by atoms with van der Waals surface area (Å²) >= 11 is 0. The fourth-order valence-electron chi connectivity index (χ4n) is 3.07. The zero-order valence-corrected chi connectivity index (χ0v) is 13.8. The van der Waals surface area contributed by atoms with E-state index in [1.807, 2.05) is 44.0 Å². The van der Waals surface area contributed by atoms with E-state index in [2.05, 4.69) is 10.1 Å². The number of carbonyl (C=O) groups excluding carboxylic acids is 1. The van der Waals surface area contributed by atoms with Crippen molar-refractivity contribution < 1.29 is 9.53 Å². The summed E-state index contributed by atoms with van der Waals surface area (Å²) in [6, 6.07) is 3.86. The van der Waals surface area contributed by atoms with Crippen LogP contribution in [0.25, 0.3) is 0 Å². The molecule has 0 aromatic carbocycles. The molecule has 1 aliphatic rings. The molecule has 6 heteroatoms. The maximum atomic E-state index is 12.8. The molecule has 0 bridgehead atoms. The summed E-state index contributed by atoms with van der Waals surface area (Å²) in [5.41, 5.74) is 3.08. The van der Waals surface area contributed by atoms with E-state index in [1.54, 1.807) is 17.3 Å². The van der Waals surface area contributed by atoms with Gasteiger partial charge in [0.15, 0.2) is 0 Å². The van der Waals surface area contributed by atoms with E-state index >= 15 is 0 Å². The predicted octanol–water partition coefficient (Wildman–Crippen LogP) is 1.86. The number of carbonyl (C=O) groups is 1. The number of aromatic nitrogens is 3. The molecule has 1 aliphatic heterocycles. The summed E-state index contributed by atoms with van der Waals surface area (Å²) in [5.74, 6) is -0.0424. The Morgan fingerprint density at radius 1 is 1.48 bits per heavy atom. The van der Waals surface area contributed by atoms with Gasteiger partial charge >= 0.3 is 0 Å². The second kappa shape index (κ2) is 6.50. The summed E-state index contributed by atoms with van der Waals surface area (Å²) in [4.78, 5) is 18.7. The molecule has 0 aliphatic carbocycles. The third-order valence-corrected chi connectivity index (χ3v) is 4.51. The van der Waals surface area contributed by atoms with Gasteiger partial charge in [0, 0.05) is 50.9 Å². The number of pyridine rings is 1. The van der Waals surface area contributed by atoms with Crippen LogP contribution in [0.4, 0.5) is 0 Å². The Bertz CT molecular complexity index is 683. The van der Waals surface area contributed by atoms with Crippen LogP contribution in [0, 0.1) is 12.8 Å². The second-order valence-electron chi connectivity index (χ2n) is 6.05. The van der Waals surface area contributed by atoms with Crippen LogP contribution in [0.15, 0.2) is 30.7 Å². The maximum Gasteiger partial charge on any atom is 0.228 e. The maximum absolute atomic E-state index is 12.8. The van der Waals surface area contributed by atoms with Crippen LogP contribution >= 0.6 is 0 Å². The molecule has 6 nitrogen and oxygen atoms in total. The van der Waals surface area contributed by atoms with E-state index in [9.17, 15) is 4.79 Å². The first-order chi connectivity index (χ1) is 11.1. The van der Waals surface area contributed by atoms with E-state index in [4.69, 9.17) is 4.74 Å². The van der Waals surface area contributed by atoms with Gasteiger partial charge in [-0.25, -0.2) is 0 Å². The van der Waals surface area contributed by atoms with Crippen molar-refractivity contribution in [2.24, 2.45) is 13.0 Å². The largest absolute Gasteiger partial charge is 0.373 e. The van der Waals surface area contributed by atoms with Crippen LogP contribution in [0.5, 0.6) is 0 Å². The van der Waals surface area contributed by atoms with Gasteiger partial charge in [-0.3, -0.25) is 14.5 Å². The number of rotatable bonds is 4. The van der Waals surface area contributed by atoms with Crippen LogP contribution in [0.1, 0.15) is 29.3 Å². The first kappa shape index (κ1) is 15.7. The minimum atomic E-state index is -0.201. The molecule has 0 N–H and O–H groups in total. The highest BCUT2D eigenvalue weighted by atomic mass is 16.5. The smallest absolute Gasteiger partial charge is 0.228 e. The molecule has 122 valence electrons. The molecule has 1 amide bonds. The summed E-state index contributed by atoms with van der Waals surface area (Å²) in [6.07, 6.45) is 5.88. The van der Waals surface area contributed by atoms with Gasteiger partial charge in [-0.1, -0.05) is 6.07 Å². The van der Waals surface area contributed by atoms with Crippen LogP contribution in [-0.4, -0.2) is 39.2 Å². The number of nitrogens with zero attached hydrogens (tertiary/aromatic N) is 4. The molecule has 3 rings (SSSR count). The monoisotopic (exact) mass is 314 g/mol. The molecular formula is C17H22N4O2. The fraction of sp³-hybridized carbons (Fsp3) is 0.471. The molecule has 23 heavy (non-hydrogen) atoms. The highest BCUT2D eigenvalue weighted by molar-refractivity contribution is 5.79. The molecule has 1 saturated heterocycles. The number of ether oxygens (including phenoxy) is 1. The van der Waals surface area contributed by atoms with Crippen LogP contribution in [0.2, 0.25) is 0 Å². The van der Waals surface area contributed by atoms with Crippen molar-refractivity contribution in [3.8, 4) is 0 Å². The molecule has 2 atom stereocenters. The molecule has 0 saturated carbocycles. The van der Waals surface area contributed by atoms with Gasteiger partial charge in [-0.2, -0.15) is 5.10 Å². The molecule has 0 radical (unpaired) electrons. The fourth-order valence-corrected chi connectivity index (χ4v) is 3.07. The van der Waals surface area contributed by atoms with E-state index < -0.39 is 0 Å². The zero-order chi connectivity index (χ0) is 16.4. The van der Waals surface area contributed by atoms with Crippen molar-refractivity contribution in [1.29, 1.82) is 0 Å². The van der Waals surface area contributed by atoms with Gasteiger partial charge in [-0.05, 0) is 25.0 Å². The van der Waals surface area contributed by atoms with Gasteiger partial charge in [0.05, 0.1) is 18.2 Å². The standard InChI is InChI=1S/C17H22N4O2/c1-12-15(10-19-21(12)3)16-14(6-8-23-16)17(22)20(2)11-13-5-4-7-18-9-13/h4-5,7,9-10,14,16H,6,8,11H2,1-3H3/t14-,16-/m0/s1. The number of hydrogen-bond acceptors (Lipinski definition) is 4. The third kappa shape index (κ3) is 3.12. The molecule has 2 aromatic heterocycles. The summed E-state index contributed by atoms with van der Waals surface area (Å²) in [5, 5.41) is 4.27. The van der Waals surface area contributed by atoms with Gasteiger partial charge in [-0.15, -0.1) is 0 Å². The van der Waals surface area contributed by atoms with E-state index in [1.165, 1.54) is 0 Å². The van der Waals surface area contributed by atoms with Crippen molar-refractivity contribution >= 4 is 5.91 Å². The van der Waals surface area contributed by atoms with Gasteiger partial charge < -0.3 is 9.64 Å². The average Bonchev–Trinajstić information content (AvgIpc) is 3.15. The minimum absolute atomic E-state index is 0.111. The van der Waals surface area contributed by atoms with E-state index in [0.29, 0.717) is 13.2 Å². The van der Waals surface area contributed by atoms with Crippen LogP contribution < -0.4 is 0 Å². The zero-order valence-electron chi connectivity index (χ0n) is 13.8. The summed E-state index contributed by atoms with van der Waals surface area (Å²) < 4.78 is 7.67. The second-order valence-corrected chi connectivity index (χ2v) is 6.05. The Kier molecular flexibility index (Phi) is 4.43. The Morgan fingerprint density at radius 3 is 2.96 bits per heavy atom. The Morgan fingerprint density at radius 2 is 2.30 bits per heavy atom. The molecule has 1 fully saturated rings. The van der Waals surface area contributed by atoms with Gasteiger partial charge in [0.1, 0.15) is 0 Å². The highest BCUT2D eigenvalue weighted by Gasteiger charge is 2.38. The Hall–Kier alpha value is -2.21. The minimum Gasteiger partial charge on any atom is -0.373 e. The molecule has 0 unspecified atom stereocenters. The summed E-state index contributed by atoms with van der Waals surface area (Å²) in [6.45, 7) is 3.17. The first-order valence-corrected chi connectivity index (χ1v) is 7.82. The normalized spacial score (nSPS) is 20.7. The lowest BCUT2D eigenvalue weighted by Gasteiger charge is -2.24. The summed E-state index contributed by atoms with van der Waals surface area (Å²) in [7, 11) is 3.74. The molecule has 0 spiro atoms. The quantitative estimate of drug-likeness (QED) is 0.864. The van der Waals surface area contributed by atoms with E-state index in [0.717, 1.165) is 23.2 Å². The van der Waals surface area contributed by atoms with Crippen LogP contribution in [-0.2, 0) is 23.1 Å². The third-order valence-electron chi connectivity index (χ3n) is 4.51. The SMILES string of the molecule is Cc1c([C@H]2OCC[C@@H]2C(=O)N(C)Cc2cccnc2)cnn1C. The van der Waals surface area contributed by atoms with Gasteiger partial charge in [0.2, 0.25) is 5.91 Å². The van der Waals surface area contributed by atoms with Crippen molar-refractivity contribution in [2.75, 3.05) is 13.7 Å².